The lowest BCUT2D eigenvalue weighted by molar-refractivity contribution is -0.139. The van der Waals surface area contributed by atoms with E-state index in [9.17, 15) is 9.18 Å². The molecule has 2 aliphatic heterocycles. The molecule has 1 amide bonds. The summed E-state index contributed by atoms with van der Waals surface area (Å²) in [4.78, 5) is 18.5. The predicted molar refractivity (Wildman–Crippen MR) is 109 cm³/mol. The maximum Gasteiger partial charge on any atom is 0.260 e. The van der Waals surface area contributed by atoms with Crippen molar-refractivity contribution in [3.05, 3.63) is 30.2 Å². The van der Waals surface area contributed by atoms with Gasteiger partial charge in [-0.15, -0.1) is 0 Å². The number of ether oxygens (including phenoxy) is 1. The minimum absolute atomic E-state index is 0.112. The Hall–Kier alpha value is -2.81. The van der Waals surface area contributed by atoms with Crippen molar-refractivity contribution in [3.8, 4) is 11.5 Å². The standard InChI is InChI=1S/C22H24FN5O3/c23-22(6-7-22)21(29)27-8-3-14(4-9-27)19-25-20(31-26-19)15-1-2-16-12-24-28(18(16)11-15)17-5-10-30-13-17/h1-2,11-12,14,17H,3-10,13H2/t17-/m1/s1. The fourth-order valence-electron chi connectivity index (χ4n) is 4.64. The van der Waals surface area contributed by atoms with Crippen LogP contribution in [0.3, 0.4) is 0 Å². The van der Waals surface area contributed by atoms with Crippen molar-refractivity contribution < 1.29 is 18.4 Å². The summed E-state index contributed by atoms with van der Waals surface area (Å²) in [6.45, 7) is 2.51. The molecule has 1 aromatic carbocycles. The van der Waals surface area contributed by atoms with Gasteiger partial charge in [0.25, 0.3) is 11.8 Å². The molecule has 31 heavy (non-hydrogen) atoms. The van der Waals surface area contributed by atoms with Crippen LogP contribution in [0.15, 0.2) is 28.9 Å². The van der Waals surface area contributed by atoms with Crippen molar-refractivity contribution in [2.45, 2.75) is 49.7 Å². The first-order valence-electron chi connectivity index (χ1n) is 11.0. The summed E-state index contributed by atoms with van der Waals surface area (Å²) in [5, 5.41) is 9.82. The highest BCUT2D eigenvalue weighted by Crippen LogP contribution is 2.42. The summed E-state index contributed by atoms with van der Waals surface area (Å²) in [6.07, 6.45) is 4.97. The smallest absolute Gasteiger partial charge is 0.260 e. The Bertz CT molecular complexity index is 1120. The molecule has 2 saturated heterocycles. The van der Waals surface area contributed by atoms with Gasteiger partial charge in [0.15, 0.2) is 11.5 Å². The number of benzene rings is 1. The highest BCUT2D eigenvalue weighted by molar-refractivity contribution is 5.88. The highest BCUT2D eigenvalue weighted by Gasteiger charge is 2.53. The number of likely N-dealkylation sites (tertiary alicyclic amines) is 1. The van der Waals surface area contributed by atoms with Crippen LogP contribution in [0.1, 0.15) is 49.9 Å². The predicted octanol–water partition coefficient (Wildman–Crippen LogP) is 3.26. The first-order valence-corrected chi connectivity index (χ1v) is 11.0. The lowest BCUT2D eigenvalue weighted by Gasteiger charge is -2.31. The molecule has 3 aliphatic rings. The number of aromatic nitrogens is 4. The van der Waals surface area contributed by atoms with Gasteiger partial charge in [-0.25, -0.2) is 4.39 Å². The van der Waals surface area contributed by atoms with E-state index in [4.69, 9.17) is 9.26 Å². The van der Waals surface area contributed by atoms with E-state index in [1.807, 2.05) is 29.1 Å². The van der Waals surface area contributed by atoms with Crippen LogP contribution in [-0.4, -0.2) is 62.7 Å². The van der Waals surface area contributed by atoms with Crippen molar-refractivity contribution in [2.75, 3.05) is 26.3 Å². The van der Waals surface area contributed by atoms with Crippen LogP contribution in [0.4, 0.5) is 4.39 Å². The minimum atomic E-state index is -1.60. The molecule has 4 heterocycles. The van der Waals surface area contributed by atoms with E-state index in [2.05, 4.69) is 15.2 Å². The number of carbonyl (C=O) groups excluding carboxylic acids is 1. The van der Waals surface area contributed by atoms with E-state index >= 15 is 0 Å². The normalized spacial score (nSPS) is 23.5. The second-order valence-electron chi connectivity index (χ2n) is 8.87. The van der Waals surface area contributed by atoms with E-state index in [-0.39, 0.29) is 17.9 Å². The summed E-state index contributed by atoms with van der Waals surface area (Å²) in [5.41, 5.74) is 0.287. The van der Waals surface area contributed by atoms with Crippen molar-refractivity contribution in [1.29, 1.82) is 0 Å². The SMILES string of the molecule is O=C(N1CCC(c2noc(-c3ccc4cnn([C@@H]5CCOC5)c4c3)n2)CC1)C1(F)CC1. The lowest BCUT2D eigenvalue weighted by atomic mass is 9.95. The van der Waals surface area contributed by atoms with Crippen LogP contribution in [0.2, 0.25) is 0 Å². The molecular weight excluding hydrogens is 401 g/mol. The maximum absolute atomic E-state index is 14.1. The van der Waals surface area contributed by atoms with E-state index in [1.54, 1.807) is 4.90 Å². The molecule has 0 spiro atoms. The van der Waals surface area contributed by atoms with E-state index < -0.39 is 5.67 Å². The summed E-state index contributed by atoms with van der Waals surface area (Å²) < 4.78 is 27.2. The molecule has 0 bridgehead atoms. The fraction of sp³-hybridized carbons (Fsp3) is 0.545. The number of amides is 1. The second kappa shape index (κ2) is 7.12. The third-order valence-electron chi connectivity index (χ3n) is 6.76. The Labute approximate surface area is 178 Å². The molecular formula is C22H24FN5O3. The first kappa shape index (κ1) is 18.9. The van der Waals surface area contributed by atoms with Crippen molar-refractivity contribution in [1.82, 2.24) is 24.8 Å². The van der Waals surface area contributed by atoms with Gasteiger partial charge in [-0.1, -0.05) is 11.2 Å². The molecule has 6 rings (SSSR count). The number of hydrogen-bond donors (Lipinski definition) is 0. The number of halogens is 1. The molecule has 9 heteroatoms. The zero-order valence-corrected chi connectivity index (χ0v) is 17.2. The summed E-state index contributed by atoms with van der Waals surface area (Å²) in [5.74, 6) is 0.895. The third-order valence-corrected chi connectivity index (χ3v) is 6.76. The van der Waals surface area contributed by atoms with Crippen LogP contribution >= 0.6 is 0 Å². The number of carbonyl (C=O) groups is 1. The van der Waals surface area contributed by atoms with Crippen molar-refractivity contribution in [2.24, 2.45) is 0 Å². The van der Waals surface area contributed by atoms with Crippen molar-refractivity contribution in [3.63, 3.8) is 0 Å². The summed E-state index contributed by atoms with van der Waals surface area (Å²) in [6, 6.07) is 6.27. The monoisotopic (exact) mass is 425 g/mol. The molecule has 1 aliphatic carbocycles. The minimum Gasteiger partial charge on any atom is -0.379 e. The maximum atomic E-state index is 14.1. The van der Waals surface area contributed by atoms with Gasteiger partial charge < -0.3 is 14.2 Å². The Balaban J connectivity index is 1.19. The molecule has 1 atom stereocenters. The molecule has 1 saturated carbocycles. The number of nitrogens with zero attached hydrogens (tertiary/aromatic N) is 5. The zero-order chi connectivity index (χ0) is 21.0. The van der Waals surface area contributed by atoms with Crippen molar-refractivity contribution >= 4 is 16.8 Å². The van der Waals surface area contributed by atoms with E-state index in [0.29, 0.717) is 57.1 Å². The molecule has 8 nitrogen and oxygen atoms in total. The van der Waals surface area contributed by atoms with Crippen LogP contribution in [0, 0.1) is 0 Å². The second-order valence-corrected chi connectivity index (χ2v) is 8.87. The average molecular weight is 425 g/mol. The van der Waals surface area contributed by atoms with Gasteiger partial charge >= 0.3 is 0 Å². The number of piperidine rings is 1. The van der Waals surface area contributed by atoms with Crippen LogP contribution < -0.4 is 0 Å². The van der Waals surface area contributed by atoms with Crippen LogP contribution in [-0.2, 0) is 9.53 Å². The molecule has 0 unspecified atom stereocenters. The van der Waals surface area contributed by atoms with Crippen LogP contribution in [0.5, 0.6) is 0 Å². The third kappa shape index (κ3) is 3.31. The number of rotatable bonds is 4. The van der Waals surface area contributed by atoms with Gasteiger partial charge in [-0.2, -0.15) is 10.1 Å². The molecule has 0 radical (unpaired) electrons. The Morgan fingerprint density at radius 2 is 2.03 bits per heavy atom. The Kier molecular flexibility index (Phi) is 4.34. The van der Waals surface area contributed by atoms with Gasteiger partial charge in [0.2, 0.25) is 0 Å². The number of alkyl halides is 1. The Morgan fingerprint density at radius 3 is 2.77 bits per heavy atom. The first-order chi connectivity index (χ1) is 15.1. The van der Waals surface area contributed by atoms with Gasteiger partial charge in [0, 0.05) is 36.6 Å². The van der Waals surface area contributed by atoms with E-state index in [1.165, 1.54) is 0 Å². The van der Waals surface area contributed by atoms with Gasteiger partial charge in [0.1, 0.15) is 0 Å². The topological polar surface area (TPSA) is 86.3 Å². The van der Waals surface area contributed by atoms with Gasteiger partial charge in [-0.05, 0) is 44.2 Å². The lowest BCUT2D eigenvalue weighted by Crippen LogP contribution is -2.43. The largest absolute Gasteiger partial charge is 0.379 e. The quantitative estimate of drug-likeness (QED) is 0.638. The molecule has 2 aromatic heterocycles. The molecule has 162 valence electrons. The summed E-state index contributed by atoms with van der Waals surface area (Å²) in [7, 11) is 0. The molecule has 3 aromatic rings. The average Bonchev–Trinajstić information content (AvgIpc) is 3.26. The Morgan fingerprint density at radius 1 is 1.19 bits per heavy atom. The van der Waals surface area contributed by atoms with E-state index in [0.717, 1.165) is 29.5 Å². The number of fused-ring (bicyclic) bond motifs is 1. The summed E-state index contributed by atoms with van der Waals surface area (Å²) >= 11 is 0. The number of hydrogen-bond acceptors (Lipinski definition) is 6. The highest BCUT2D eigenvalue weighted by atomic mass is 19.1. The van der Waals surface area contributed by atoms with Crippen LogP contribution in [0.25, 0.3) is 22.4 Å². The molecule has 0 N–H and O–H groups in total. The molecule has 3 fully saturated rings. The van der Waals surface area contributed by atoms with Gasteiger partial charge in [0.05, 0.1) is 24.4 Å². The zero-order valence-electron chi connectivity index (χ0n) is 17.2. The van der Waals surface area contributed by atoms with Gasteiger partial charge in [-0.3, -0.25) is 9.48 Å². The fourth-order valence-corrected chi connectivity index (χ4v) is 4.64.